The molecule has 1 aliphatic rings. The third kappa shape index (κ3) is 4.31. The average molecular weight is 353 g/mol. The number of benzene rings is 1. The van der Waals surface area contributed by atoms with Crippen LogP contribution in [-0.2, 0) is 4.79 Å². The lowest BCUT2D eigenvalue weighted by molar-refractivity contribution is -0.114. The van der Waals surface area contributed by atoms with E-state index in [1.54, 1.807) is 6.33 Å². The summed E-state index contributed by atoms with van der Waals surface area (Å²) in [7, 11) is 1.88. The lowest BCUT2D eigenvalue weighted by Gasteiger charge is -2.28. The van der Waals surface area contributed by atoms with Gasteiger partial charge in [0.25, 0.3) is 0 Å². The second-order valence-electron chi connectivity index (χ2n) is 6.95. The van der Waals surface area contributed by atoms with Crippen LogP contribution in [0.15, 0.2) is 30.6 Å². The number of carbonyl (C=O) groups is 1. The normalized spacial score (nSPS) is 14.2. The maximum absolute atomic E-state index is 12.5. The van der Waals surface area contributed by atoms with Crippen molar-refractivity contribution in [1.82, 2.24) is 9.97 Å². The number of carbonyl (C=O) groups excluding carboxylic acids is 1. The van der Waals surface area contributed by atoms with Crippen LogP contribution >= 0.6 is 0 Å². The van der Waals surface area contributed by atoms with Crippen LogP contribution in [0.5, 0.6) is 0 Å². The second-order valence-corrected chi connectivity index (χ2v) is 6.95. The molecule has 1 N–H and O–H groups in total. The van der Waals surface area contributed by atoms with Crippen molar-refractivity contribution < 1.29 is 4.79 Å². The molecule has 6 heteroatoms. The molecule has 0 radical (unpaired) electrons. The summed E-state index contributed by atoms with van der Waals surface area (Å²) in [4.78, 5) is 25.4. The second kappa shape index (κ2) is 8.17. The highest BCUT2D eigenvalue weighted by molar-refractivity contribution is 5.95. The summed E-state index contributed by atoms with van der Waals surface area (Å²) >= 11 is 0. The lowest BCUT2D eigenvalue weighted by Crippen LogP contribution is -2.32. The number of amides is 1. The first kappa shape index (κ1) is 18.2. The third-order valence-corrected chi connectivity index (χ3v) is 4.84. The zero-order valence-corrected chi connectivity index (χ0v) is 15.8. The van der Waals surface area contributed by atoms with Crippen molar-refractivity contribution in [3.8, 4) is 0 Å². The largest absolute Gasteiger partial charge is 0.356 e. The Labute approximate surface area is 155 Å². The van der Waals surface area contributed by atoms with Crippen LogP contribution in [0.25, 0.3) is 0 Å². The van der Waals surface area contributed by atoms with Gasteiger partial charge < -0.3 is 15.1 Å². The van der Waals surface area contributed by atoms with Gasteiger partial charge in [-0.05, 0) is 44.2 Å². The van der Waals surface area contributed by atoms with Gasteiger partial charge in [0.15, 0.2) is 0 Å². The molecule has 2 aromatic rings. The molecule has 0 saturated carbocycles. The smallest absolute Gasteiger partial charge is 0.243 e. The third-order valence-electron chi connectivity index (χ3n) is 4.84. The fourth-order valence-electron chi connectivity index (χ4n) is 3.33. The van der Waals surface area contributed by atoms with E-state index in [9.17, 15) is 4.79 Å². The predicted molar refractivity (Wildman–Crippen MR) is 106 cm³/mol. The van der Waals surface area contributed by atoms with E-state index >= 15 is 0 Å². The molecule has 0 atom stereocenters. The highest BCUT2D eigenvalue weighted by Crippen LogP contribution is 2.21. The number of likely N-dealkylation sites (N-methyl/N-ethyl adjacent to an activating group) is 1. The van der Waals surface area contributed by atoms with Gasteiger partial charge in [-0.2, -0.15) is 0 Å². The summed E-state index contributed by atoms with van der Waals surface area (Å²) < 4.78 is 0. The molecular weight excluding hydrogens is 326 g/mol. The van der Waals surface area contributed by atoms with Crippen molar-refractivity contribution in [2.45, 2.75) is 33.1 Å². The van der Waals surface area contributed by atoms with E-state index in [1.807, 2.05) is 50.1 Å². The molecule has 3 rings (SSSR count). The van der Waals surface area contributed by atoms with Gasteiger partial charge in [0.1, 0.15) is 18.0 Å². The molecular formula is C20H27N5O. The van der Waals surface area contributed by atoms with Gasteiger partial charge in [0, 0.05) is 31.9 Å². The monoisotopic (exact) mass is 353 g/mol. The minimum absolute atomic E-state index is 0.0527. The highest BCUT2D eigenvalue weighted by Gasteiger charge is 2.15. The predicted octanol–water partition coefficient (Wildman–Crippen LogP) is 3.16. The first-order valence-corrected chi connectivity index (χ1v) is 9.19. The van der Waals surface area contributed by atoms with Crippen LogP contribution in [0.1, 0.15) is 30.4 Å². The molecule has 138 valence electrons. The van der Waals surface area contributed by atoms with E-state index in [0.29, 0.717) is 0 Å². The van der Waals surface area contributed by atoms with Crippen LogP contribution in [0.3, 0.4) is 0 Å². The number of anilines is 3. The van der Waals surface area contributed by atoms with Gasteiger partial charge in [-0.3, -0.25) is 4.79 Å². The summed E-state index contributed by atoms with van der Waals surface area (Å²) in [6.07, 6.45) is 5.27. The molecule has 0 bridgehead atoms. The summed E-state index contributed by atoms with van der Waals surface area (Å²) in [5.74, 6) is 1.65. The summed E-state index contributed by atoms with van der Waals surface area (Å²) in [6.45, 7) is 6.31. The van der Waals surface area contributed by atoms with Gasteiger partial charge in [-0.1, -0.05) is 18.2 Å². The molecule has 0 aliphatic carbocycles. The maximum atomic E-state index is 12.5. The van der Waals surface area contributed by atoms with Crippen LogP contribution in [0.2, 0.25) is 0 Å². The Kier molecular flexibility index (Phi) is 5.71. The molecule has 1 fully saturated rings. The quantitative estimate of drug-likeness (QED) is 0.895. The van der Waals surface area contributed by atoms with Crippen molar-refractivity contribution in [3.05, 3.63) is 41.7 Å². The fourth-order valence-corrected chi connectivity index (χ4v) is 3.33. The first-order chi connectivity index (χ1) is 12.5. The highest BCUT2D eigenvalue weighted by atomic mass is 16.2. The molecule has 1 aliphatic heterocycles. The molecule has 6 nitrogen and oxygen atoms in total. The Hall–Kier alpha value is -2.63. The Morgan fingerprint density at radius 2 is 1.85 bits per heavy atom. The summed E-state index contributed by atoms with van der Waals surface area (Å²) in [6, 6.07) is 7.97. The number of rotatable bonds is 5. The minimum atomic E-state index is -0.0527. The molecule has 1 saturated heterocycles. The number of nitrogens with one attached hydrogen (secondary N) is 1. The fraction of sp³-hybridized carbons (Fsp3) is 0.450. The zero-order valence-electron chi connectivity index (χ0n) is 15.8. The number of aryl methyl sites for hydroxylation is 2. The van der Waals surface area contributed by atoms with Crippen LogP contribution in [0.4, 0.5) is 17.3 Å². The minimum Gasteiger partial charge on any atom is -0.356 e. The number of hydrogen-bond donors (Lipinski definition) is 1. The Morgan fingerprint density at radius 3 is 2.54 bits per heavy atom. The molecule has 1 aromatic carbocycles. The van der Waals surface area contributed by atoms with Gasteiger partial charge in [0.05, 0.1) is 6.54 Å². The number of para-hydroxylation sites is 1. The standard InChI is InChI=1S/C20H27N5O/c1-15-8-7-9-16(2)20(15)23-19(26)13-24(3)17-12-18(22-14-21-17)25-10-5-4-6-11-25/h7-9,12,14H,4-6,10-11,13H2,1-3H3,(H,23,26). The Balaban J connectivity index is 1.65. The number of aromatic nitrogens is 2. The Morgan fingerprint density at radius 1 is 1.15 bits per heavy atom. The van der Waals surface area contributed by atoms with Gasteiger partial charge in [-0.25, -0.2) is 9.97 Å². The van der Waals surface area contributed by atoms with E-state index in [2.05, 4.69) is 20.2 Å². The van der Waals surface area contributed by atoms with E-state index < -0.39 is 0 Å². The molecule has 0 spiro atoms. The number of piperidine rings is 1. The van der Waals surface area contributed by atoms with Crippen LogP contribution in [-0.4, -0.2) is 42.6 Å². The topological polar surface area (TPSA) is 61.4 Å². The van der Waals surface area contributed by atoms with E-state index in [-0.39, 0.29) is 12.5 Å². The van der Waals surface area contributed by atoms with Crippen molar-refractivity contribution >= 4 is 23.2 Å². The Bertz CT molecular complexity index is 750. The average Bonchev–Trinajstić information content (AvgIpc) is 2.65. The SMILES string of the molecule is Cc1cccc(C)c1NC(=O)CN(C)c1cc(N2CCCCC2)ncn1. The number of hydrogen-bond acceptors (Lipinski definition) is 5. The van der Waals surface area contributed by atoms with Gasteiger partial charge in [-0.15, -0.1) is 0 Å². The van der Waals surface area contributed by atoms with Crippen molar-refractivity contribution in [2.75, 3.05) is 41.8 Å². The maximum Gasteiger partial charge on any atom is 0.243 e. The number of nitrogens with zero attached hydrogens (tertiary/aromatic N) is 4. The van der Waals surface area contributed by atoms with Crippen molar-refractivity contribution in [3.63, 3.8) is 0 Å². The van der Waals surface area contributed by atoms with Gasteiger partial charge >= 0.3 is 0 Å². The summed E-state index contributed by atoms with van der Waals surface area (Å²) in [5.41, 5.74) is 3.02. The van der Waals surface area contributed by atoms with Crippen molar-refractivity contribution in [2.24, 2.45) is 0 Å². The molecule has 0 unspecified atom stereocenters. The van der Waals surface area contributed by atoms with Crippen molar-refractivity contribution in [1.29, 1.82) is 0 Å². The van der Waals surface area contributed by atoms with E-state index in [0.717, 1.165) is 41.5 Å². The first-order valence-electron chi connectivity index (χ1n) is 9.19. The molecule has 26 heavy (non-hydrogen) atoms. The molecule has 1 amide bonds. The van der Waals surface area contributed by atoms with Gasteiger partial charge in [0.2, 0.25) is 5.91 Å². The van der Waals surface area contributed by atoms with E-state index in [1.165, 1.54) is 19.3 Å². The molecule has 1 aromatic heterocycles. The lowest BCUT2D eigenvalue weighted by atomic mass is 10.1. The van der Waals surface area contributed by atoms with Crippen LogP contribution < -0.4 is 15.1 Å². The zero-order chi connectivity index (χ0) is 18.5. The van der Waals surface area contributed by atoms with E-state index in [4.69, 9.17) is 0 Å². The molecule has 2 heterocycles. The summed E-state index contributed by atoms with van der Waals surface area (Å²) in [5, 5.41) is 3.02. The van der Waals surface area contributed by atoms with Crippen LogP contribution in [0, 0.1) is 13.8 Å².